The van der Waals surface area contributed by atoms with E-state index in [1.807, 2.05) is 6.92 Å². The van der Waals surface area contributed by atoms with Crippen molar-refractivity contribution in [3.05, 3.63) is 0 Å². The molecule has 0 N–H and O–H groups in total. The van der Waals surface area contributed by atoms with Crippen molar-refractivity contribution in [1.29, 1.82) is 0 Å². The summed E-state index contributed by atoms with van der Waals surface area (Å²) in [5.74, 6) is 0. The van der Waals surface area contributed by atoms with E-state index in [1.54, 1.807) is 0 Å². The Hall–Kier alpha value is -0.150. The van der Waals surface area contributed by atoms with Gasteiger partial charge < -0.3 is 9.47 Å². The summed E-state index contributed by atoms with van der Waals surface area (Å²) in [7, 11) is 0. The van der Waals surface area contributed by atoms with Gasteiger partial charge in [-0.1, -0.05) is 0 Å². The molecule has 0 rings (SSSR count). The molecule has 0 atom stereocenters. The molecule has 0 spiro atoms. The highest BCUT2D eigenvalue weighted by Gasteiger charge is 1.78. The maximum Gasteiger partial charge on any atom is 0.191 e. The molecule has 0 aliphatic heterocycles. The van der Waals surface area contributed by atoms with Crippen LogP contribution in [0.15, 0.2) is 0 Å². The maximum absolute atomic E-state index is 11.0. The molecule has 0 saturated carbocycles. The van der Waals surface area contributed by atoms with E-state index in [9.17, 15) is 4.39 Å². The maximum atomic E-state index is 11.0. The molecule has 3 heteroatoms. The fourth-order valence-corrected chi connectivity index (χ4v) is 0.174. The predicted molar refractivity (Wildman–Crippen MR) is 23.6 cm³/mol. The summed E-state index contributed by atoms with van der Waals surface area (Å²) >= 11 is 0. The molecule has 0 radical (unpaired) electrons. The topological polar surface area (TPSA) is 18.5 Å². The first-order valence-electron chi connectivity index (χ1n) is 2.13. The van der Waals surface area contributed by atoms with Gasteiger partial charge in [0.1, 0.15) is 6.79 Å². The quantitative estimate of drug-likeness (QED) is 0.394. The Balaban J connectivity index is 2.45. The second kappa shape index (κ2) is 5.85. The lowest BCUT2D eigenvalue weighted by atomic mass is 10.9. The number of alkyl halides is 1. The number of hydrogen-bond donors (Lipinski definition) is 0. The summed E-state index contributed by atoms with van der Waals surface area (Å²) in [6, 6.07) is 0. The van der Waals surface area contributed by atoms with E-state index in [4.69, 9.17) is 0 Å². The lowest BCUT2D eigenvalue weighted by Gasteiger charge is -1.95. The van der Waals surface area contributed by atoms with Crippen molar-refractivity contribution >= 4 is 0 Å². The molecule has 0 unspecified atom stereocenters. The molecule has 0 heterocycles. The summed E-state index contributed by atoms with van der Waals surface area (Å²) in [5, 5.41) is 0. The van der Waals surface area contributed by atoms with Gasteiger partial charge in [0.05, 0.1) is 0 Å². The van der Waals surface area contributed by atoms with Crippen LogP contribution in [0.2, 0.25) is 0 Å². The van der Waals surface area contributed by atoms with Crippen molar-refractivity contribution < 1.29 is 13.9 Å². The van der Waals surface area contributed by atoms with Gasteiger partial charge >= 0.3 is 0 Å². The Bertz CT molecular complexity index is 28.9. The zero-order chi connectivity index (χ0) is 5.54. The van der Waals surface area contributed by atoms with Crippen LogP contribution in [0.4, 0.5) is 4.39 Å². The van der Waals surface area contributed by atoms with Gasteiger partial charge in [0, 0.05) is 6.61 Å². The molecule has 44 valence electrons. The van der Waals surface area contributed by atoms with E-state index in [0.29, 0.717) is 6.61 Å². The first-order valence-corrected chi connectivity index (χ1v) is 2.13. The number of ether oxygens (including phenoxy) is 2. The zero-order valence-corrected chi connectivity index (χ0v) is 4.32. The molecular formula is C4H9FO2. The van der Waals surface area contributed by atoms with Crippen molar-refractivity contribution in [3.63, 3.8) is 0 Å². The molecule has 0 aliphatic carbocycles. The van der Waals surface area contributed by atoms with Crippen LogP contribution in [0.1, 0.15) is 6.92 Å². The lowest BCUT2D eigenvalue weighted by molar-refractivity contribution is -0.0788. The van der Waals surface area contributed by atoms with E-state index in [1.165, 1.54) is 0 Å². The largest absolute Gasteiger partial charge is 0.356 e. The Labute approximate surface area is 42.2 Å². The predicted octanol–water partition coefficient (Wildman–Crippen LogP) is 0.924. The third kappa shape index (κ3) is 5.85. The third-order valence-electron chi connectivity index (χ3n) is 0.448. The molecular weight excluding hydrogens is 99.0 g/mol. The van der Waals surface area contributed by atoms with E-state index in [2.05, 4.69) is 9.47 Å². The van der Waals surface area contributed by atoms with Gasteiger partial charge in [0.15, 0.2) is 6.86 Å². The first-order chi connectivity index (χ1) is 3.41. The molecule has 7 heavy (non-hydrogen) atoms. The summed E-state index contributed by atoms with van der Waals surface area (Å²) in [4.78, 5) is 0. The van der Waals surface area contributed by atoms with Crippen molar-refractivity contribution in [3.8, 4) is 0 Å². The van der Waals surface area contributed by atoms with E-state index >= 15 is 0 Å². The van der Waals surface area contributed by atoms with E-state index in [0.717, 1.165) is 0 Å². The van der Waals surface area contributed by atoms with Gasteiger partial charge in [-0.05, 0) is 6.92 Å². The summed E-state index contributed by atoms with van der Waals surface area (Å²) in [6.45, 7) is 1.69. The molecule has 2 nitrogen and oxygen atoms in total. The molecule has 0 aromatic rings. The van der Waals surface area contributed by atoms with Crippen molar-refractivity contribution in [2.45, 2.75) is 6.92 Å². The minimum Gasteiger partial charge on any atom is -0.356 e. The van der Waals surface area contributed by atoms with Crippen LogP contribution in [0.3, 0.4) is 0 Å². The average Bonchev–Trinajstić information content (AvgIpc) is 1.69. The standard InChI is InChI=1S/C4H9FO2/c1-2-6-4-7-3-5/h2-4H2,1H3. The Morgan fingerprint density at radius 3 is 2.57 bits per heavy atom. The molecule has 0 bridgehead atoms. The van der Waals surface area contributed by atoms with E-state index in [-0.39, 0.29) is 6.79 Å². The van der Waals surface area contributed by atoms with Gasteiger partial charge in [0.25, 0.3) is 0 Å². The summed E-state index contributed by atoms with van der Waals surface area (Å²) < 4.78 is 19.8. The molecule has 0 amide bonds. The van der Waals surface area contributed by atoms with Gasteiger partial charge in [-0.15, -0.1) is 0 Å². The fourth-order valence-electron chi connectivity index (χ4n) is 0.174. The smallest absolute Gasteiger partial charge is 0.191 e. The Kier molecular flexibility index (Phi) is 5.72. The monoisotopic (exact) mass is 108 g/mol. The van der Waals surface area contributed by atoms with Crippen LogP contribution in [-0.2, 0) is 9.47 Å². The van der Waals surface area contributed by atoms with Crippen LogP contribution < -0.4 is 0 Å². The molecule has 0 aliphatic rings. The van der Waals surface area contributed by atoms with Crippen LogP contribution in [-0.4, -0.2) is 20.3 Å². The van der Waals surface area contributed by atoms with Gasteiger partial charge in [0.2, 0.25) is 0 Å². The molecule has 0 aromatic heterocycles. The summed E-state index contributed by atoms with van der Waals surface area (Å²) in [6.07, 6.45) is 0. The Morgan fingerprint density at radius 2 is 2.14 bits per heavy atom. The van der Waals surface area contributed by atoms with Crippen molar-refractivity contribution in [2.24, 2.45) is 0 Å². The summed E-state index contributed by atoms with van der Waals surface area (Å²) in [5.41, 5.74) is 0. The second-order valence-corrected chi connectivity index (χ2v) is 0.924. The average molecular weight is 108 g/mol. The van der Waals surface area contributed by atoms with Gasteiger partial charge in [-0.3, -0.25) is 0 Å². The van der Waals surface area contributed by atoms with Crippen LogP contribution in [0, 0.1) is 0 Å². The van der Waals surface area contributed by atoms with E-state index < -0.39 is 6.86 Å². The minimum absolute atomic E-state index is 0.0625. The minimum atomic E-state index is -0.764. The lowest BCUT2D eigenvalue weighted by Crippen LogP contribution is -1.96. The van der Waals surface area contributed by atoms with Crippen LogP contribution in [0.5, 0.6) is 0 Å². The van der Waals surface area contributed by atoms with Crippen LogP contribution >= 0.6 is 0 Å². The third-order valence-corrected chi connectivity index (χ3v) is 0.448. The van der Waals surface area contributed by atoms with Crippen molar-refractivity contribution in [2.75, 3.05) is 20.3 Å². The number of hydrogen-bond acceptors (Lipinski definition) is 2. The fraction of sp³-hybridized carbons (Fsp3) is 1.00. The number of rotatable bonds is 4. The van der Waals surface area contributed by atoms with Gasteiger partial charge in [-0.2, -0.15) is 0 Å². The SMILES string of the molecule is CCOCOCF. The first kappa shape index (κ1) is 6.85. The highest BCUT2D eigenvalue weighted by Crippen LogP contribution is 1.75. The molecule has 0 fully saturated rings. The highest BCUT2D eigenvalue weighted by atomic mass is 19.1. The zero-order valence-electron chi connectivity index (χ0n) is 4.32. The highest BCUT2D eigenvalue weighted by molar-refractivity contribution is 4.03. The molecule has 0 aromatic carbocycles. The second-order valence-electron chi connectivity index (χ2n) is 0.924. The van der Waals surface area contributed by atoms with Crippen LogP contribution in [0.25, 0.3) is 0 Å². The normalized spacial score (nSPS) is 9.43. The Morgan fingerprint density at radius 1 is 1.43 bits per heavy atom. The van der Waals surface area contributed by atoms with Gasteiger partial charge in [-0.25, -0.2) is 4.39 Å². The van der Waals surface area contributed by atoms with Crippen molar-refractivity contribution in [1.82, 2.24) is 0 Å². The molecule has 0 saturated heterocycles. The number of halogens is 1.